The second-order valence-electron chi connectivity index (χ2n) is 4.30. The van der Waals surface area contributed by atoms with E-state index in [0.717, 1.165) is 10.9 Å². The number of benzene rings is 2. The van der Waals surface area contributed by atoms with Gasteiger partial charge in [-0.3, -0.25) is 4.79 Å². The van der Waals surface area contributed by atoms with Crippen LogP contribution in [0.5, 0.6) is 0 Å². The van der Waals surface area contributed by atoms with Crippen LogP contribution in [-0.2, 0) is 5.33 Å². The van der Waals surface area contributed by atoms with Crippen LogP contribution in [-0.4, -0.2) is 0 Å². The minimum atomic E-state index is -0.0126. The summed E-state index contributed by atoms with van der Waals surface area (Å²) in [4.78, 5) is 12.0. The molecule has 2 aromatic carbocycles. The van der Waals surface area contributed by atoms with E-state index in [1.165, 1.54) is 5.56 Å². The second kappa shape index (κ2) is 5.02. The number of alkyl halides is 1. The lowest BCUT2D eigenvalue weighted by molar-refractivity contribution is 0.619. The Morgan fingerprint density at radius 3 is 2.47 bits per heavy atom. The van der Waals surface area contributed by atoms with E-state index in [9.17, 15) is 4.79 Å². The molecule has 0 atom stereocenters. The Bertz CT molecular complexity index is 773. The minimum Gasteiger partial charge on any atom is -0.456 e. The van der Waals surface area contributed by atoms with Crippen LogP contribution in [0.3, 0.4) is 0 Å². The zero-order valence-electron chi connectivity index (χ0n) is 10.1. The van der Waals surface area contributed by atoms with Crippen molar-refractivity contribution in [2.24, 2.45) is 0 Å². The summed E-state index contributed by atoms with van der Waals surface area (Å²) >= 11 is 3.41. The van der Waals surface area contributed by atoms with E-state index in [4.69, 9.17) is 4.42 Å². The summed E-state index contributed by atoms with van der Waals surface area (Å²) in [5.74, 6) is 0.602. The van der Waals surface area contributed by atoms with Crippen molar-refractivity contribution in [3.63, 3.8) is 0 Å². The standard InChI is InChI=1S/C16H11BrO2/c17-10-11-5-7-12(8-6-11)16-9-14(18)13-3-1-2-4-15(13)19-16/h1-9H,10H2. The molecule has 0 spiro atoms. The molecule has 0 unspecified atom stereocenters. The van der Waals surface area contributed by atoms with Crippen LogP contribution in [0.4, 0.5) is 0 Å². The van der Waals surface area contributed by atoms with Gasteiger partial charge in [-0.25, -0.2) is 0 Å². The maximum Gasteiger partial charge on any atom is 0.193 e. The van der Waals surface area contributed by atoms with Crippen LogP contribution in [0.25, 0.3) is 22.3 Å². The molecular weight excluding hydrogens is 304 g/mol. The van der Waals surface area contributed by atoms with Crippen LogP contribution < -0.4 is 5.43 Å². The average molecular weight is 315 g/mol. The molecule has 0 fully saturated rings. The molecule has 94 valence electrons. The number of para-hydroxylation sites is 1. The third kappa shape index (κ3) is 2.34. The molecule has 0 aliphatic carbocycles. The van der Waals surface area contributed by atoms with Crippen molar-refractivity contribution < 1.29 is 4.42 Å². The quantitative estimate of drug-likeness (QED) is 0.658. The molecule has 3 rings (SSSR count). The summed E-state index contributed by atoms with van der Waals surface area (Å²) in [6.07, 6.45) is 0. The van der Waals surface area contributed by atoms with Gasteiger partial charge in [-0.1, -0.05) is 52.3 Å². The van der Waals surface area contributed by atoms with E-state index >= 15 is 0 Å². The fourth-order valence-corrected chi connectivity index (χ4v) is 2.38. The van der Waals surface area contributed by atoms with Gasteiger partial charge in [0.05, 0.1) is 5.39 Å². The summed E-state index contributed by atoms with van der Waals surface area (Å²) in [6.45, 7) is 0. The van der Waals surface area contributed by atoms with Crippen LogP contribution in [0.1, 0.15) is 5.56 Å². The highest BCUT2D eigenvalue weighted by atomic mass is 79.9. The predicted octanol–water partition coefficient (Wildman–Crippen LogP) is 4.35. The first-order valence-corrected chi connectivity index (χ1v) is 7.08. The fraction of sp³-hybridized carbons (Fsp3) is 0.0625. The molecule has 0 bridgehead atoms. The van der Waals surface area contributed by atoms with Gasteiger partial charge in [0.2, 0.25) is 0 Å². The monoisotopic (exact) mass is 314 g/mol. The number of rotatable bonds is 2. The highest BCUT2D eigenvalue weighted by Gasteiger charge is 2.06. The Kier molecular flexibility index (Phi) is 3.22. The first-order chi connectivity index (χ1) is 9.28. The average Bonchev–Trinajstić information content (AvgIpc) is 2.47. The topological polar surface area (TPSA) is 30.2 Å². The van der Waals surface area contributed by atoms with Crippen molar-refractivity contribution >= 4 is 26.9 Å². The van der Waals surface area contributed by atoms with Gasteiger partial charge in [-0.15, -0.1) is 0 Å². The molecule has 0 radical (unpaired) electrons. The number of hydrogen-bond donors (Lipinski definition) is 0. The third-order valence-corrected chi connectivity index (χ3v) is 3.67. The van der Waals surface area contributed by atoms with Crippen LogP contribution in [0.15, 0.2) is 63.8 Å². The normalized spacial score (nSPS) is 10.8. The molecule has 3 aromatic rings. The Morgan fingerprint density at radius 2 is 1.74 bits per heavy atom. The van der Waals surface area contributed by atoms with Gasteiger partial charge in [0.25, 0.3) is 0 Å². The van der Waals surface area contributed by atoms with E-state index < -0.39 is 0 Å². The molecule has 19 heavy (non-hydrogen) atoms. The van der Waals surface area contributed by atoms with Gasteiger partial charge in [0, 0.05) is 17.0 Å². The highest BCUT2D eigenvalue weighted by molar-refractivity contribution is 9.08. The molecule has 0 amide bonds. The summed E-state index contributed by atoms with van der Waals surface area (Å²) < 4.78 is 5.79. The first kappa shape index (κ1) is 12.2. The summed E-state index contributed by atoms with van der Waals surface area (Å²) in [6, 6.07) is 16.8. The minimum absolute atomic E-state index is 0.0126. The largest absolute Gasteiger partial charge is 0.456 e. The van der Waals surface area contributed by atoms with E-state index in [-0.39, 0.29) is 5.43 Å². The van der Waals surface area contributed by atoms with Crippen LogP contribution in [0.2, 0.25) is 0 Å². The number of hydrogen-bond acceptors (Lipinski definition) is 2. The van der Waals surface area contributed by atoms with Gasteiger partial charge in [-0.05, 0) is 17.7 Å². The second-order valence-corrected chi connectivity index (χ2v) is 4.86. The lowest BCUT2D eigenvalue weighted by Crippen LogP contribution is -1.99. The Hall–Kier alpha value is -1.87. The maximum absolute atomic E-state index is 12.0. The molecule has 1 aromatic heterocycles. The number of fused-ring (bicyclic) bond motifs is 1. The van der Waals surface area contributed by atoms with Gasteiger partial charge in [0.15, 0.2) is 5.43 Å². The Morgan fingerprint density at radius 1 is 1.00 bits per heavy atom. The summed E-state index contributed by atoms with van der Waals surface area (Å²) in [5.41, 5.74) is 2.70. The van der Waals surface area contributed by atoms with Crippen molar-refractivity contribution in [3.8, 4) is 11.3 Å². The third-order valence-electron chi connectivity index (χ3n) is 3.03. The molecule has 2 nitrogen and oxygen atoms in total. The smallest absolute Gasteiger partial charge is 0.193 e. The van der Waals surface area contributed by atoms with Crippen molar-refractivity contribution in [3.05, 3.63) is 70.4 Å². The molecule has 1 heterocycles. The molecule has 0 aliphatic heterocycles. The van der Waals surface area contributed by atoms with Crippen molar-refractivity contribution in [1.82, 2.24) is 0 Å². The van der Waals surface area contributed by atoms with E-state index in [0.29, 0.717) is 16.7 Å². The molecule has 0 saturated heterocycles. The zero-order chi connectivity index (χ0) is 13.2. The Balaban J connectivity index is 2.16. The SMILES string of the molecule is O=c1cc(-c2ccc(CBr)cc2)oc2ccccc12. The molecule has 0 N–H and O–H groups in total. The van der Waals surface area contributed by atoms with Gasteiger partial charge in [-0.2, -0.15) is 0 Å². The van der Waals surface area contributed by atoms with Crippen molar-refractivity contribution in [2.45, 2.75) is 5.33 Å². The lowest BCUT2D eigenvalue weighted by Gasteiger charge is -2.03. The molecule has 3 heteroatoms. The predicted molar refractivity (Wildman–Crippen MR) is 80.6 cm³/mol. The molecule has 0 aliphatic rings. The lowest BCUT2D eigenvalue weighted by atomic mass is 10.1. The van der Waals surface area contributed by atoms with Crippen LogP contribution in [0, 0.1) is 0 Å². The Labute approximate surface area is 118 Å². The van der Waals surface area contributed by atoms with Gasteiger partial charge < -0.3 is 4.42 Å². The molecular formula is C16H11BrO2. The van der Waals surface area contributed by atoms with Crippen molar-refractivity contribution in [2.75, 3.05) is 0 Å². The van der Waals surface area contributed by atoms with Gasteiger partial charge >= 0.3 is 0 Å². The maximum atomic E-state index is 12.0. The first-order valence-electron chi connectivity index (χ1n) is 5.96. The summed E-state index contributed by atoms with van der Waals surface area (Å²) in [7, 11) is 0. The van der Waals surface area contributed by atoms with Crippen molar-refractivity contribution in [1.29, 1.82) is 0 Å². The van der Waals surface area contributed by atoms with E-state index in [1.54, 1.807) is 12.1 Å². The van der Waals surface area contributed by atoms with E-state index in [2.05, 4.69) is 15.9 Å². The van der Waals surface area contributed by atoms with E-state index in [1.807, 2.05) is 42.5 Å². The zero-order valence-corrected chi connectivity index (χ0v) is 11.7. The van der Waals surface area contributed by atoms with Crippen LogP contribution >= 0.6 is 15.9 Å². The number of halogens is 1. The highest BCUT2D eigenvalue weighted by Crippen LogP contribution is 2.22. The summed E-state index contributed by atoms with van der Waals surface area (Å²) in [5, 5.41) is 1.43. The fourth-order valence-electron chi connectivity index (χ4n) is 2.00. The van der Waals surface area contributed by atoms with Gasteiger partial charge in [0.1, 0.15) is 11.3 Å². The molecule has 0 saturated carbocycles.